The smallest absolute Gasteiger partial charge is 0.247 e. The fraction of sp³-hybridized carbons (Fsp3) is 0.0769. The van der Waals surface area contributed by atoms with Crippen LogP contribution in [0.15, 0.2) is 46.9 Å². The van der Waals surface area contributed by atoms with Crippen LogP contribution in [0.25, 0.3) is 0 Å². The van der Waals surface area contributed by atoms with Crippen molar-refractivity contribution in [1.29, 1.82) is 0 Å². The maximum absolute atomic E-state index is 10.2. The zero-order chi connectivity index (χ0) is 13.3. The molecule has 0 aromatic heterocycles. The summed E-state index contributed by atoms with van der Waals surface area (Å²) in [5.74, 6) is -0.173. The summed E-state index contributed by atoms with van der Waals surface area (Å²) in [5.41, 5.74) is 1.07. The van der Waals surface area contributed by atoms with Crippen LogP contribution >= 0.6 is 15.9 Å². The minimum atomic E-state index is -1.49. The first-order chi connectivity index (χ1) is 8.41. The first kappa shape index (κ1) is 13.0. The van der Waals surface area contributed by atoms with Gasteiger partial charge in [-0.2, -0.15) is 10.4 Å². The number of phenolic OH excluding ortho intramolecular Hbond substituents is 1. The third-order valence-electron chi connectivity index (χ3n) is 2.65. The van der Waals surface area contributed by atoms with E-state index in [1.807, 2.05) is 6.92 Å². The van der Waals surface area contributed by atoms with Crippen molar-refractivity contribution in [3.63, 3.8) is 0 Å². The standard InChI is InChI=1S/C13H12BrNO3/c1-9-2-7-13(16)12(8-9)15(17,18)11-5-3-10(14)4-6-11/h2-8,17-18H,1H3/p+1. The molecule has 0 unspecified atom stereocenters. The molecular formula is C13H13BrNO3+. The van der Waals surface area contributed by atoms with Gasteiger partial charge in [0.2, 0.25) is 11.4 Å². The molecule has 18 heavy (non-hydrogen) atoms. The van der Waals surface area contributed by atoms with Gasteiger partial charge in [0.25, 0.3) is 0 Å². The molecule has 0 fully saturated rings. The van der Waals surface area contributed by atoms with Crippen LogP contribution in [0.2, 0.25) is 0 Å². The molecule has 2 aromatic rings. The SMILES string of the molecule is Cc1ccc(O)c([N+](O)(O)c2ccc(Br)cc2)c1. The molecule has 0 radical (unpaired) electrons. The van der Waals surface area contributed by atoms with Crippen molar-refractivity contribution in [2.45, 2.75) is 6.92 Å². The molecule has 3 N–H and O–H groups in total. The van der Waals surface area contributed by atoms with E-state index in [1.54, 1.807) is 30.3 Å². The quantitative estimate of drug-likeness (QED) is 0.582. The largest absolute Gasteiger partial charge is 0.503 e. The molecule has 0 aliphatic rings. The lowest BCUT2D eigenvalue weighted by atomic mass is 10.2. The Kier molecular flexibility index (Phi) is 3.41. The highest BCUT2D eigenvalue weighted by Gasteiger charge is 2.33. The topological polar surface area (TPSA) is 60.7 Å². The molecule has 0 amide bonds. The van der Waals surface area contributed by atoms with Gasteiger partial charge >= 0.3 is 0 Å². The summed E-state index contributed by atoms with van der Waals surface area (Å²) in [6.07, 6.45) is 0. The van der Waals surface area contributed by atoms with E-state index in [1.165, 1.54) is 12.1 Å². The van der Waals surface area contributed by atoms with E-state index in [-0.39, 0.29) is 17.1 Å². The summed E-state index contributed by atoms with van der Waals surface area (Å²) in [5, 5.41) is 30.1. The number of hydrogen-bond donors (Lipinski definition) is 3. The number of nitrogens with zero attached hydrogens (tertiary/aromatic N) is 1. The second-order valence-electron chi connectivity index (χ2n) is 4.07. The second kappa shape index (κ2) is 4.70. The first-order valence-corrected chi connectivity index (χ1v) is 6.11. The van der Waals surface area contributed by atoms with E-state index >= 15 is 0 Å². The minimum absolute atomic E-state index is 0.0114. The van der Waals surface area contributed by atoms with Crippen molar-refractivity contribution < 1.29 is 15.5 Å². The molecule has 0 saturated heterocycles. The van der Waals surface area contributed by atoms with Gasteiger partial charge in [0.05, 0.1) is 0 Å². The Morgan fingerprint density at radius 1 is 1.00 bits per heavy atom. The molecule has 0 atom stereocenters. The third kappa shape index (κ3) is 2.39. The van der Waals surface area contributed by atoms with Crippen LogP contribution in [-0.2, 0) is 0 Å². The lowest BCUT2D eigenvalue weighted by Crippen LogP contribution is -2.36. The van der Waals surface area contributed by atoms with E-state index in [0.29, 0.717) is 0 Å². The Hall–Kier alpha value is -1.40. The Labute approximate surface area is 113 Å². The van der Waals surface area contributed by atoms with Crippen molar-refractivity contribution in [2.75, 3.05) is 0 Å². The van der Waals surface area contributed by atoms with Gasteiger partial charge < -0.3 is 5.11 Å². The van der Waals surface area contributed by atoms with E-state index in [4.69, 9.17) is 0 Å². The van der Waals surface area contributed by atoms with Crippen molar-refractivity contribution in [2.24, 2.45) is 0 Å². The van der Waals surface area contributed by atoms with E-state index < -0.39 is 4.81 Å². The van der Waals surface area contributed by atoms with E-state index in [9.17, 15) is 15.5 Å². The van der Waals surface area contributed by atoms with Crippen LogP contribution in [0.5, 0.6) is 5.75 Å². The molecule has 94 valence electrons. The molecule has 0 bridgehead atoms. The minimum Gasteiger partial charge on any atom is -0.503 e. The van der Waals surface area contributed by atoms with Crippen LogP contribution in [-0.4, -0.2) is 15.5 Å². The predicted molar refractivity (Wildman–Crippen MR) is 72.0 cm³/mol. The second-order valence-corrected chi connectivity index (χ2v) is 4.99. The van der Waals surface area contributed by atoms with Gasteiger partial charge in [-0.25, -0.2) is 0 Å². The monoisotopic (exact) mass is 310 g/mol. The number of halogens is 1. The van der Waals surface area contributed by atoms with Crippen LogP contribution in [0.1, 0.15) is 5.56 Å². The number of quaternary nitrogens is 1. The number of aryl methyl sites for hydroxylation is 1. The zero-order valence-corrected chi connectivity index (χ0v) is 11.3. The lowest BCUT2D eigenvalue weighted by molar-refractivity contribution is -0.245. The molecule has 2 aromatic carbocycles. The highest BCUT2D eigenvalue weighted by atomic mass is 79.9. The van der Waals surface area contributed by atoms with Crippen LogP contribution in [0, 0.1) is 6.92 Å². The molecule has 0 spiro atoms. The number of benzene rings is 2. The zero-order valence-electron chi connectivity index (χ0n) is 9.71. The van der Waals surface area contributed by atoms with Crippen molar-refractivity contribution in [3.8, 4) is 5.75 Å². The maximum atomic E-state index is 10.2. The number of hydrogen-bond acceptors (Lipinski definition) is 3. The summed E-state index contributed by atoms with van der Waals surface area (Å²) in [4.78, 5) is -1.49. The van der Waals surface area contributed by atoms with Gasteiger partial charge in [-0.1, -0.05) is 22.0 Å². The van der Waals surface area contributed by atoms with E-state index in [0.717, 1.165) is 10.0 Å². The number of phenols is 1. The molecule has 0 saturated carbocycles. The summed E-state index contributed by atoms with van der Waals surface area (Å²) in [6.45, 7) is 1.81. The van der Waals surface area contributed by atoms with Gasteiger partial charge in [-0.05, 0) is 30.7 Å². The summed E-state index contributed by atoms with van der Waals surface area (Å²) in [7, 11) is 0. The average Bonchev–Trinajstić information content (AvgIpc) is 2.32. The Bertz CT molecular complexity index is 567. The van der Waals surface area contributed by atoms with Crippen molar-refractivity contribution in [1.82, 2.24) is 4.81 Å². The molecule has 5 heteroatoms. The van der Waals surface area contributed by atoms with Crippen molar-refractivity contribution >= 4 is 27.3 Å². The summed E-state index contributed by atoms with van der Waals surface area (Å²) >= 11 is 3.27. The summed E-state index contributed by atoms with van der Waals surface area (Å²) < 4.78 is 0.833. The van der Waals surface area contributed by atoms with Crippen LogP contribution in [0.3, 0.4) is 0 Å². The number of aromatic hydroxyl groups is 1. The molecular weight excluding hydrogens is 298 g/mol. The number of rotatable bonds is 2. The fourth-order valence-electron chi connectivity index (χ4n) is 1.67. The summed E-state index contributed by atoms with van der Waals surface area (Å²) in [6, 6.07) is 11.2. The average molecular weight is 311 g/mol. The highest BCUT2D eigenvalue weighted by molar-refractivity contribution is 9.10. The molecule has 0 aliphatic heterocycles. The lowest BCUT2D eigenvalue weighted by Gasteiger charge is -2.21. The van der Waals surface area contributed by atoms with Gasteiger partial charge in [0.15, 0.2) is 5.75 Å². The molecule has 0 heterocycles. The normalized spacial score (nSPS) is 11.6. The predicted octanol–water partition coefficient (Wildman–Crippen LogP) is 3.88. The molecule has 0 aliphatic carbocycles. The van der Waals surface area contributed by atoms with Crippen LogP contribution in [0.4, 0.5) is 11.4 Å². The highest BCUT2D eigenvalue weighted by Crippen LogP contribution is 2.37. The fourth-order valence-corrected chi connectivity index (χ4v) is 1.94. The van der Waals surface area contributed by atoms with Crippen molar-refractivity contribution in [3.05, 3.63) is 52.5 Å². The van der Waals surface area contributed by atoms with E-state index in [2.05, 4.69) is 15.9 Å². The van der Waals surface area contributed by atoms with Gasteiger partial charge in [-0.15, -0.1) is 0 Å². The first-order valence-electron chi connectivity index (χ1n) is 5.32. The Morgan fingerprint density at radius 3 is 2.22 bits per heavy atom. The van der Waals surface area contributed by atoms with Crippen LogP contribution < -0.4 is 4.81 Å². The Morgan fingerprint density at radius 2 is 1.61 bits per heavy atom. The van der Waals surface area contributed by atoms with Gasteiger partial charge in [0, 0.05) is 27.5 Å². The Balaban J connectivity index is 2.53. The maximum Gasteiger partial charge on any atom is 0.247 e. The van der Waals surface area contributed by atoms with Gasteiger partial charge in [-0.3, -0.25) is 0 Å². The van der Waals surface area contributed by atoms with Gasteiger partial charge in [0.1, 0.15) is 0 Å². The third-order valence-corrected chi connectivity index (χ3v) is 3.18. The molecule has 2 rings (SSSR count). The molecule has 4 nitrogen and oxygen atoms in total.